The van der Waals surface area contributed by atoms with Crippen LogP contribution in [0.4, 0.5) is 17.5 Å². The predicted molar refractivity (Wildman–Crippen MR) is 124 cm³/mol. The van der Waals surface area contributed by atoms with E-state index in [9.17, 15) is 0 Å². The third-order valence-electron chi connectivity index (χ3n) is 5.06. The number of nitrogen functional groups attached to an aromatic ring is 1. The molecular weight excluding hydrogens is 400 g/mol. The summed E-state index contributed by atoms with van der Waals surface area (Å²) in [5.41, 5.74) is 7.92. The first-order valence-electron chi connectivity index (χ1n) is 9.63. The van der Waals surface area contributed by atoms with E-state index in [1.807, 2.05) is 36.4 Å². The minimum absolute atomic E-state index is 0.106. The molecule has 2 aromatic carbocycles. The van der Waals surface area contributed by atoms with E-state index < -0.39 is 0 Å². The molecule has 4 rings (SSSR count). The molecule has 0 bridgehead atoms. The predicted octanol–water partition coefficient (Wildman–Crippen LogP) is 2.45. The quantitative estimate of drug-likeness (QED) is 0.534. The molecule has 1 fully saturated rings. The van der Waals surface area contributed by atoms with Gasteiger partial charge >= 0.3 is 0 Å². The van der Waals surface area contributed by atoms with E-state index in [2.05, 4.69) is 20.5 Å². The zero-order valence-corrected chi connectivity index (χ0v) is 17.7. The van der Waals surface area contributed by atoms with Crippen molar-refractivity contribution in [3.8, 4) is 11.5 Å². The van der Waals surface area contributed by atoms with Gasteiger partial charge < -0.3 is 30.7 Å². The van der Waals surface area contributed by atoms with Crippen LogP contribution in [0, 0.1) is 0 Å². The van der Waals surface area contributed by atoms with E-state index in [-0.39, 0.29) is 6.04 Å². The molecule has 8 nitrogen and oxygen atoms in total. The molecule has 1 aliphatic heterocycles. The number of rotatable bonds is 5. The zero-order chi connectivity index (χ0) is 21.1. The molecular formula is C21H24N6O2S. The number of benzene rings is 2. The number of methoxy groups -OCH3 is 2. The van der Waals surface area contributed by atoms with E-state index in [0.29, 0.717) is 52.2 Å². The molecule has 0 radical (unpaired) electrons. The molecule has 3 aromatic rings. The van der Waals surface area contributed by atoms with Crippen LogP contribution in [0.15, 0.2) is 42.5 Å². The SMILES string of the molecule is COc1cc2nc(N3CCNCC3C(=S)Nc3ccccc3)nc(N)c2cc1OC. The van der Waals surface area contributed by atoms with Gasteiger partial charge in [0.05, 0.1) is 25.8 Å². The zero-order valence-electron chi connectivity index (χ0n) is 16.9. The number of fused-ring (bicyclic) bond motifs is 1. The van der Waals surface area contributed by atoms with Crippen LogP contribution < -0.4 is 30.7 Å². The minimum Gasteiger partial charge on any atom is -0.493 e. The lowest BCUT2D eigenvalue weighted by molar-refractivity contribution is 0.356. The van der Waals surface area contributed by atoms with E-state index in [1.165, 1.54) is 0 Å². The average Bonchev–Trinajstić information content (AvgIpc) is 2.78. The largest absolute Gasteiger partial charge is 0.493 e. The Hall–Kier alpha value is -3.17. The molecule has 1 saturated heterocycles. The molecule has 156 valence electrons. The molecule has 0 amide bonds. The molecule has 0 spiro atoms. The first-order chi connectivity index (χ1) is 14.6. The van der Waals surface area contributed by atoms with E-state index in [4.69, 9.17) is 32.4 Å². The summed E-state index contributed by atoms with van der Waals surface area (Å²) in [5, 5.41) is 7.43. The second-order valence-corrected chi connectivity index (χ2v) is 7.34. The Labute approximate surface area is 180 Å². The lowest BCUT2D eigenvalue weighted by atomic mass is 10.1. The first-order valence-corrected chi connectivity index (χ1v) is 10.0. The average molecular weight is 425 g/mol. The van der Waals surface area contributed by atoms with Crippen LogP contribution in [0.2, 0.25) is 0 Å². The molecule has 4 N–H and O–H groups in total. The summed E-state index contributed by atoms with van der Waals surface area (Å²) in [4.78, 5) is 12.1. The van der Waals surface area contributed by atoms with Crippen molar-refractivity contribution in [2.75, 3.05) is 49.8 Å². The summed E-state index contributed by atoms with van der Waals surface area (Å²) in [7, 11) is 3.18. The molecule has 1 unspecified atom stereocenters. The second kappa shape index (κ2) is 8.68. The smallest absolute Gasteiger partial charge is 0.228 e. The van der Waals surface area contributed by atoms with Gasteiger partial charge in [-0.2, -0.15) is 4.98 Å². The van der Waals surface area contributed by atoms with Crippen LogP contribution in [-0.4, -0.2) is 54.9 Å². The third-order valence-corrected chi connectivity index (χ3v) is 5.44. The fraction of sp³-hybridized carbons (Fsp3) is 0.286. The van der Waals surface area contributed by atoms with Crippen LogP contribution in [0.3, 0.4) is 0 Å². The van der Waals surface area contributed by atoms with E-state index >= 15 is 0 Å². The van der Waals surface area contributed by atoms with Crippen molar-refractivity contribution in [3.05, 3.63) is 42.5 Å². The van der Waals surface area contributed by atoms with Crippen molar-refractivity contribution in [3.63, 3.8) is 0 Å². The Morgan fingerprint density at radius 2 is 1.90 bits per heavy atom. The highest BCUT2D eigenvalue weighted by atomic mass is 32.1. The van der Waals surface area contributed by atoms with Crippen molar-refractivity contribution >= 4 is 45.6 Å². The Balaban J connectivity index is 1.68. The Morgan fingerprint density at radius 1 is 1.17 bits per heavy atom. The molecule has 1 aromatic heterocycles. The van der Waals surface area contributed by atoms with Gasteiger partial charge in [0.25, 0.3) is 0 Å². The third kappa shape index (κ3) is 3.94. The maximum Gasteiger partial charge on any atom is 0.228 e. The van der Waals surface area contributed by atoms with Gasteiger partial charge in [0.1, 0.15) is 10.8 Å². The maximum absolute atomic E-state index is 6.29. The maximum atomic E-state index is 6.29. The van der Waals surface area contributed by atoms with Crippen molar-refractivity contribution < 1.29 is 9.47 Å². The lowest BCUT2D eigenvalue weighted by Gasteiger charge is -2.36. The number of ether oxygens (including phenoxy) is 2. The first kappa shape index (κ1) is 20.1. The number of para-hydroxylation sites is 1. The van der Waals surface area contributed by atoms with Crippen molar-refractivity contribution in [1.82, 2.24) is 15.3 Å². The molecule has 30 heavy (non-hydrogen) atoms. The molecule has 0 aliphatic carbocycles. The summed E-state index contributed by atoms with van der Waals surface area (Å²) < 4.78 is 10.8. The number of nitrogens with two attached hydrogens (primary N) is 1. The Morgan fingerprint density at radius 3 is 2.63 bits per heavy atom. The van der Waals surface area contributed by atoms with Crippen LogP contribution in [0.5, 0.6) is 11.5 Å². The topological polar surface area (TPSA) is 97.6 Å². The van der Waals surface area contributed by atoms with Gasteiger partial charge in [0.15, 0.2) is 11.5 Å². The molecule has 0 saturated carbocycles. The van der Waals surface area contributed by atoms with Crippen molar-refractivity contribution in [2.45, 2.75) is 6.04 Å². The summed E-state index contributed by atoms with van der Waals surface area (Å²) in [6.45, 7) is 2.20. The fourth-order valence-electron chi connectivity index (χ4n) is 3.52. The summed E-state index contributed by atoms with van der Waals surface area (Å²) in [6, 6.07) is 13.4. The molecule has 9 heteroatoms. The molecule has 1 atom stereocenters. The van der Waals surface area contributed by atoms with Gasteiger partial charge in [0, 0.05) is 36.8 Å². The molecule has 2 heterocycles. The Bertz CT molecular complexity index is 1060. The van der Waals surface area contributed by atoms with Gasteiger partial charge in [-0.25, -0.2) is 4.98 Å². The van der Waals surface area contributed by atoms with Crippen molar-refractivity contribution in [2.24, 2.45) is 0 Å². The lowest BCUT2D eigenvalue weighted by Crippen LogP contribution is -2.56. The fourth-order valence-corrected chi connectivity index (χ4v) is 3.85. The standard InChI is InChI=1S/C21H24N6O2S/c1-28-17-10-14-15(11-18(17)29-2)25-21(26-19(14)22)27-9-8-23-12-16(27)20(30)24-13-6-4-3-5-7-13/h3-7,10-11,16,23H,8-9,12H2,1-2H3,(H,24,30)(H2,22,25,26). The number of hydrogen-bond acceptors (Lipinski definition) is 8. The second-order valence-electron chi connectivity index (χ2n) is 6.90. The minimum atomic E-state index is -0.106. The van der Waals surface area contributed by atoms with Gasteiger partial charge in [-0.1, -0.05) is 30.4 Å². The highest BCUT2D eigenvalue weighted by molar-refractivity contribution is 7.80. The van der Waals surface area contributed by atoms with Gasteiger partial charge in [-0.05, 0) is 18.2 Å². The van der Waals surface area contributed by atoms with Crippen LogP contribution in [0.25, 0.3) is 10.9 Å². The highest BCUT2D eigenvalue weighted by Gasteiger charge is 2.29. The van der Waals surface area contributed by atoms with Gasteiger partial charge in [0.2, 0.25) is 5.95 Å². The van der Waals surface area contributed by atoms with Crippen LogP contribution >= 0.6 is 12.2 Å². The Kier molecular flexibility index (Phi) is 5.82. The van der Waals surface area contributed by atoms with Crippen LogP contribution in [-0.2, 0) is 0 Å². The van der Waals surface area contributed by atoms with E-state index in [1.54, 1.807) is 20.3 Å². The van der Waals surface area contributed by atoms with Gasteiger partial charge in [-0.3, -0.25) is 0 Å². The number of nitrogens with zero attached hydrogens (tertiary/aromatic N) is 3. The summed E-state index contributed by atoms with van der Waals surface area (Å²) in [6.07, 6.45) is 0. The number of thiocarbonyl (C=S) groups is 1. The van der Waals surface area contributed by atoms with Crippen molar-refractivity contribution in [1.29, 1.82) is 0 Å². The monoisotopic (exact) mass is 424 g/mol. The summed E-state index contributed by atoms with van der Waals surface area (Å²) >= 11 is 5.72. The number of piperazine rings is 1. The number of nitrogens with one attached hydrogen (secondary N) is 2. The van der Waals surface area contributed by atoms with Gasteiger partial charge in [-0.15, -0.1) is 0 Å². The number of aromatic nitrogens is 2. The summed E-state index contributed by atoms with van der Waals surface area (Å²) in [5.74, 6) is 2.10. The van der Waals surface area contributed by atoms with E-state index in [0.717, 1.165) is 12.2 Å². The number of hydrogen-bond donors (Lipinski definition) is 3. The highest BCUT2D eigenvalue weighted by Crippen LogP contribution is 2.34. The number of anilines is 3. The molecule has 1 aliphatic rings. The van der Waals surface area contributed by atoms with Crippen LogP contribution in [0.1, 0.15) is 0 Å². The normalized spacial score (nSPS) is 16.3.